The number of para-hydroxylation sites is 2. The number of anilines is 1. The van der Waals surface area contributed by atoms with Crippen LogP contribution < -0.4 is 4.90 Å². The maximum absolute atomic E-state index is 12.5. The van der Waals surface area contributed by atoms with Gasteiger partial charge in [-0.2, -0.15) is 0 Å². The van der Waals surface area contributed by atoms with Crippen LogP contribution in [0, 0.1) is 0 Å². The van der Waals surface area contributed by atoms with Crippen molar-refractivity contribution in [1.82, 2.24) is 4.90 Å². The number of benzene rings is 2. The molecule has 0 bridgehead atoms. The summed E-state index contributed by atoms with van der Waals surface area (Å²) in [6.07, 6.45) is 0. The lowest BCUT2D eigenvalue weighted by molar-refractivity contribution is 0.234. The van der Waals surface area contributed by atoms with E-state index in [-0.39, 0.29) is 6.03 Å². The third kappa shape index (κ3) is 1.95. The van der Waals surface area contributed by atoms with E-state index in [2.05, 4.69) is 4.99 Å². The number of rotatable bonds is 1. The van der Waals surface area contributed by atoms with Gasteiger partial charge < -0.3 is 0 Å². The van der Waals surface area contributed by atoms with Crippen LogP contribution in [0.3, 0.4) is 0 Å². The summed E-state index contributed by atoms with van der Waals surface area (Å²) in [5.41, 5.74) is 2.54. The van der Waals surface area contributed by atoms with Gasteiger partial charge in [-0.1, -0.05) is 42.5 Å². The predicted octanol–water partition coefficient (Wildman–Crippen LogP) is 3.27. The monoisotopic (exact) mass is 265 g/mol. The summed E-state index contributed by atoms with van der Waals surface area (Å²) < 4.78 is 0. The lowest BCUT2D eigenvalue weighted by atomic mass is 10.2. The van der Waals surface area contributed by atoms with Gasteiger partial charge in [-0.3, -0.25) is 9.80 Å². The Bertz CT molecular complexity index is 679. The summed E-state index contributed by atoms with van der Waals surface area (Å²) in [5.74, 6) is 0.660. The first-order valence-corrected chi connectivity index (χ1v) is 6.43. The third-order valence-corrected chi connectivity index (χ3v) is 3.39. The summed E-state index contributed by atoms with van der Waals surface area (Å²) >= 11 is 0. The molecule has 0 radical (unpaired) electrons. The number of aliphatic imine (C=N–C) groups is 1. The zero-order chi connectivity index (χ0) is 14.1. The molecule has 3 rings (SSSR count). The van der Waals surface area contributed by atoms with Crippen LogP contribution in [0.4, 0.5) is 16.2 Å². The Morgan fingerprint density at radius 2 is 1.50 bits per heavy atom. The van der Waals surface area contributed by atoms with Crippen LogP contribution >= 0.6 is 0 Å². The smallest absolute Gasteiger partial charge is 0.295 e. The van der Waals surface area contributed by atoms with Crippen LogP contribution in [-0.4, -0.2) is 30.9 Å². The maximum Gasteiger partial charge on any atom is 0.329 e. The number of nitrogens with zero attached hydrogens (tertiary/aromatic N) is 3. The molecule has 2 aromatic carbocycles. The van der Waals surface area contributed by atoms with Crippen molar-refractivity contribution in [2.45, 2.75) is 0 Å². The quantitative estimate of drug-likeness (QED) is 0.779. The molecule has 0 saturated carbocycles. The number of carbonyl (C=O) groups excluding carboxylic acids is 1. The minimum atomic E-state index is -0.0995. The van der Waals surface area contributed by atoms with Crippen LogP contribution in [0.5, 0.6) is 0 Å². The molecule has 0 atom stereocenters. The fourth-order valence-electron chi connectivity index (χ4n) is 2.30. The Morgan fingerprint density at radius 1 is 0.850 bits per heavy atom. The zero-order valence-electron chi connectivity index (χ0n) is 11.4. The van der Waals surface area contributed by atoms with Crippen molar-refractivity contribution in [2.75, 3.05) is 19.0 Å². The molecule has 0 saturated heterocycles. The molecule has 100 valence electrons. The van der Waals surface area contributed by atoms with Gasteiger partial charge in [-0.15, -0.1) is 0 Å². The number of carbonyl (C=O) groups is 1. The molecule has 0 spiro atoms. The summed E-state index contributed by atoms with van der Waals surface area (Å²) in [5, 5.41) is 0. The second-order valence-electron chi connectivity index (χ2n) is 4.69. The Hall–Kier alpha value is -2.62. The summed E-state index contributed by atoms with van der Waals surface area (Å²) in [4.78, 5) is 20.3. The van der Waals surface area contributed by atoms with Crippen molar-refractivity contribution in [1.29, 1.82) is 0 Å². The van der Waals surface area contributed by atoms with Crippen LogP contribution in [0.15, 0.2) is 59.6 Å². The summed E-state index contributed by atoms with van der Waals surface area (Å²) in [6, 6.07) is 17.3. The molecule has 1 aliphatic heterocycles. The van der Waals surface area contributed by atoms with Gasteiger partial charge >= 0.3 is 6.03 Å². The number of amides is 2. The van der Waals surface area contributed by atoms with Crippen LogP contribution in [-0.2, 0) is 0 Å². The highest BCUT2D eigenvalue weighted by Crippen LogP contribution is 2.31. The van der Waals surface area contributed by atoms with Crippen LogP contribution in [0.2, 0.25) is 0 Å². The number of amidine groups is 1. The number of fused-ring (bicyclic) bond motifs is 1. The first-order valence-electron chi connectivity index (χ1n) is 6.43. The average molecular weight is 265 g/mol. The van der Waals surface area contributed by atoms with E-state index in [4.69, 9.17) is 0 Å². The molecule has 0 fully saturated rings. The molecule has 1 aliphatic rings. The van der Waals surface area contributed by atoms with E-state index in [1.807, 2.05) is 54.6 Å². The van der Waals surface area contributed by atoms with E-state index in [9.17, 15) is 4.79 Å². The van der Waals surface area contributed by atoms with Crippen molar-refractivity contribution >= 4 is 23.2 Å². The Labute approximate surface area is 118 Å². The molecular weight excluding hydrogens is 250 g/mol. The minimum Gasteiger partial charge on any atom is -0.295 e. The molecule has 4 heteroatoms. The second kappa shape index (κ2) is 4.81. The van der Waals surface area contributed by atoms with Crippen LogP contribution in [0.25, 0.3) is 0 Å². The first-order chi connectivity index (χ1) is 9.68. The highest BCUT2D eigenvalue weighted by molar-refractivity contribution is 6.14. The summed E-state index contributed by atoms with van der Waals surface area (Å²) in [7, 11) is 3.51. The molecule has 1 heterocycles. The van der Waals surface area contributed by atoms with Gasteiger partial charge in [0.2, 0.25) is 0 Å². The maximum atomic E-state index is 12.5. The highest BCUT2D eigenvalue weighted by Gasteiger charge is 2.26. The lowest BCUT2D eigenvalue weighted by Gasteiger charge is -2.22. The molecule has 0 aliphatic carbocycles. The van der Waals surface area contributed by atoms with Crippen molar-refractivity contribution < 1.29 is 4.79 Å². The largest absolute Gasteiger partial charge is 0.329 e. The molecule has 4 nitrogen and oxygen atoms in total. The van der Waals surface area contributed by atoms with E-state index in [1.54, 1.807) is 23.9 Å². The number of urea groups is 1. The molecule has 2 amide bonds. The molecule has 0 unspecified atom stereocenters. The van der Waals surface area contributed by atoms with Gasteiger partial charge in [0.15, 0.2) is 0 Å². The summed E-state index contributed by atoms with van der Waals surface area (Å²) in [6.45, 7) is 0. The lowest BCUT2D eigenvalue weighted by Crippen LogP contribution is -2.41. The SMILES string of the molecule is CN1C(=O)N(C)c2ccccc2N=C1c1ccccc1. The normalized spacial score (nSPS) is 14.7. The molecule has 0 N–H and O–H groups in total. The van der Waals surface area contributed by atoms with Gasteiger partial charge in [-0.05, 0) is 12.1 Å². The van der Waals surface area contributed by atoms with Gasteiger partial charge in [0.05, 0.1) is 11.4 Å². The first kappa shape index (κ1) is 12.4. The minimum absolute atomic E-state index is 0.0995. The Kier molecular flexibility index (Phi) is 2.99. The Balaban J connectivity index is 2.20. The van der Waals surface area contributed by atoms with Crippen molar-refractivity contribution in [3.05, 3.63) is 60.2 Å². The van der Waals surface area contributed by atoms with Crippen LogP contribution in [0.1, 0.15) is 5.56 Å². The third-order valence-electron chi connectivity index (χ3n) is 3.39. The van der Waals surface area contributed by atoms with Crippen molar-refractivity contribution in [3.63, 3.8) is 0 Å². The second-order valence-corrected chi connectivity index (χ2v) is 4.69. The van der Waals surface area contributed by atoms with E-state index in [0.29, 0.717) is 5.84 Å². The van der Waals surface area contributed by atoms with Gasteiger partial charge in [0.1, 0.15) is 5.84 Å². The zero-order valence-corrected chi connectivity index (χ0v) is 11.4. The average Bonchev–Trinajstić information content (AvgIpc) is 2.60. The van der Waals surface area contributed by atoms with Gasteiger partial charge in [0, 0.05) is 19.7 Å². The number of hydrogen-bond acceptors (Lipinski definition) is 2. The number of hydrogen-bond donors (Lipinski definition) is 0. The molecule has 2 aromatic rings. The fourth-order valence-corrected chi connectivity index (χ4v) is 2.30. The Morgan fingerprint density at radius 3 is 2.25 bits per heavy atom. The topological polar surface area (TPSA) is 35.9 Å². The van der Waals surface area contributed by atoms with Gasteiger partial charge in [0.25, 0.3) is 0 Å². The standard InChI is InChI=1S/C16H15N3O/c1-18-14-11-7-6-10-13(14)17-15(19(2)16(18)20)12-8-4-3-5-9-12/h3-11H,1-2H3. The molecular formula is C16H15N3O. The fraction of sp³-hybridized carbons (Fsp3) is 0.125. The molecule has 0 aromatic heterocycles. The highest BCUT2D eigenvalue weighted by atomic mass is 16.2. The van der Waals surface area contributed by atoms with E-state index in [0.717, 1.165) is 16.9 Å². The van der Waals surface area contributed by atoms with E-state index < -0.39 is 0 Å². The van der Waals surface area contributed by atoms with Gasteiger partial charge in [-0.25, -0.2) is 9.79 Å². The molecule has 20 heavy (non-hydrogen) atoms. The van der Waals surface area contributed by atoms with E-state index in [1.165, 1.54) is 0 Å². The van der Waals surface area contributed by atoms with Crippen molar-refractivity contribution in [3.8, 4) is 0 Å². The van der Waals surface area contributed by atoms with Crippen molar-refractivity contribution in [2.24, 2.45) is 4.99 Å². The van der Waals surface area contributed by atoms with E-state index >= 15 is 0 Å². The predicted molar refractivity (Wildman–Crippen MR) is 80.6 cm³/mol.